The van der Waals surface area contributed by atoms with Crippen molar-refractivity contribution in [1.29, 1.82) is 0 Å². The predicted octanol–water partition coefficient (Wildman–Crippen LogP) is 5.24. The summed E-state index contributed by atoms with van der Waals surface area (Å²) >= 11 is 1.56. The molecule has 3 aromatic carbocycles. The van der Waals surface area contributed by atoms with Gasteiger partial charge in [0.15, 0.2) is 0 Å². The molecule has 29 heavy (non-hydrogen) atoms. The zero-order valence-electron chi connectivity index (χ0n) is 15.9. The molecular formula is C24H20N4S. The first-order valence-electron chi connectivity index (χ1n) is 9.78. The van der Waals surface area contributed by atoms with Crippen molar-refractivity contribution in [3.8, 4) is 16.3 Å². The maximum Gasteiger partial charge on any atom is 0.233 e. The first kappa shape index (κ1) is 17.8. The van der Waals surface area contributed by atoms with E-state index in [0.29, 0.717) is 0 Å². The third-order valence-corrected chi connectivity index (χ3v) is 5.97. The highest BCUT2D eigenvalue weighted by molar-refractivity contribution is 7.12. The molecule has 5 heteroatoms. The van der Waals surface area contributed by atoms with Crippen LogP contribution < -0.4 is 4.80 Å². The quantitative estimate of drug-likeness (QED) is 0.437. The standard InChI is InChI=1S/C24H20N4S/c1-3-11-19(12-4-1)23-27-28(20-14-5-2-6-15-20)24(29-23)26-25-22-17-9-13-18-10-7-8-16-21(18)22/h1-8,10-12,14-16H,9,13,17H2/b25-22+,26-24+. The van der Waals surface area contributed by atoms with E-state index >= 15 is 0 Å². The zero-order valence-corrected chi connectivity index (χ0v) is 16.7. The van der Waals surface area contributed by atoms with Crippen molar-refractivity contribution >= 4 is 17.0 Å². The van der Waals surface area contributed by atoms with Crippen LogP contribution in [0.25, 0.3) is 16.3 Å². The summed E-state index contributed by atoms with van der Waals surface area (Å²) in [6, 6.07) is 28.8. The molecule has 0 aliphatic heterocycles. The van der Waals surface area contributed by atoms with Crippen molar-refractivity contribution in [1.82, 2.24) is 9.78 Å². The second kappa shape index (κ2) is 7.97. The van der Waals surface area contributed by atoms with Crippen LogP contribution >= 0.6 is 11.3 Å². The van der Waals surface area contributed by atoms with Crippen LogP contribution in [-0.4, -0.2) is 15.5 Å². The molecule has 0 spiro atoms. The first-order valence-corrected chi connectivity index (χ1v) is 10.6. The van der Waals surface area contributed by atoms with Crippen molar-refractivity contribution in [2.45, 2.75) is 19.3 Å². The van der Waals surface area contributed by atoms with E-state index in [9.17, 15) is 0 Å². The van der Waals surface area contributed by atoms with Crippen molar-refractivity contribution < 1.29 is 0 Å². The molecule has 0 radical (unpaired) electrons. The van der Waals surface area contributed by atoms with Crippen molar-refractivity contribution in [3.63, 3.8) is 0 Å². The molecule has 1 aliphatic carbocycles. The van der Waals surface area contributed by atoms with Gasteiger partial charge in [-0.1, -0.05) is 84.1 Å². The molecule has 0 N–H and O–H groups in total. The number of hydrogen-bond donors (Lipinski definition) is 0. The van der Waals surface area contributed by atoms with E-state index in [-0.39, 0.29) is 0 Å². The van der Waals surface area contributed by atoms with Gasteiger partial charge in [0.1, 0.15) is 5.01 Å². The van der Waals surface area contributed by atoms with Gasteiger partial charge < -0.3 is 0 Å². The van der Waals surface area contributed by atoms with Crippen molar-refractivity contribution in [2.75, 3.05) is 0 Å². The van der Waals surface area contributed by atoms with Gasteiger partial charge in [0.25, 0.3) is 0 Å². The summed E-state index contributed by atoms with van der Waals surface area (Å²) < 4.78 is 1.88. The summed E-state index contributed by atoms with van der Waals surface area (Å²) in [5.74, 6) is 0. The van der Waals surface area contributed by atoms with Crippen LogP contribution in [0.5, 0.6) is 0 Å². The monoisotopic (exact) mass is 396 g/mol. The fourth-order valence-corrected chi connectivity index (χ4v) is 4.45. The van der Waals surface area contributed by atoms with E-state index in [0.717, 1.165) is 46.0 Å². The van der Waals surface area contributed by atoms with Gasteiger partial charge in [-0.15, -0.1) is 5.10 Å². The predicted molar refractivity (Wildman–Crippen MR) is 118 cm³/mol. The lowest BCUT2D eigenvalue weighted by molar-refractivity contribution is 0.812. The Morgan fingerprint density at radius 2 is 1.48 bits per heavy atom. The minimum atomic E-state index is 0.769. The number of aromatic nitrogens is 2. The van der Waals surface area contributed by atoms with Crippen LogP contribution in [0.15, 0.2) is 95.1 Å². The van der Waals surface area contributed by atoms with Gasteiger partial charge >= 0.3 is 0 Å². The van der Waals surface area contributed by atoms with E-state index in [1.807, 2.05) is 53.2 Å². The Hall–Kier alpha value is -3.31. The molecule has 0 bridgehead atoms. The Bertz CT molecular complexity index is 1220. The second-order valence-electron chi connectivity index (χ2n) is 6.96. The Morgan fingerprint density at radius 3 is 2.31 bits per heavy atom. The highest BCUT2D eigenvalue weighted by atomic mass is 32.1. The smallest absolute Gasteiger partial charge is 0.203 e. The van der Waals surface area contributed by atoms with Crippen molar-refractivity contribution in [3.05, 3.63) is 101 Å². The van der Waals surface area contributed by atoms with Crippen LogP contribution in [0.3, 0.4) is 0 Å². The summed E-state index contributed by atoms with van der Waals surface area (Å²) in [6.45, 7) is 0. The highest BCUT2D eigenvalue weighted by Crippen LogP contribution is 2.22. The lowest BCUT2D eigenvalue weighted by atomic mass is 9.90. The summed E-state index contributed by atoms with van der Waals surface area (Å²) in [4.78, 5) is 0.769. The molecule has 142 valence electrons. The van der Waals surface area contributed by atoms with Crippen LogP contribution in [0.2, 0.25) is 0 Å². The Labute approximate surface area is 173 Å². The molecule has 0 atom stereocenters. The fraction of sp³-hybridized carbons (Fsp3) is 0.125. The van der Waals surface area contributed by atoms with Gasteiger partial charge in [-0.2, -0.15) is 10.2 Å². The molecule has 5 rings (SSSR count). The molecule has 1 heterocycles. The summed E-state index contributed by atoms with van der Waals surface area (Å²) in [5.41, 5.74) is 5.70. The minimum Gasteiger partial charge on any atom is -0.203 e. The lowest BCUT2D eigenvalue weighted by Gasteiger charge is -2.16. The second-order valence-corrected chi connectivity index (χ2v) is 7.92. The number of rotatable bonds is 3. The number of aryl methyl sites for hydroxylation is 1. The topological polar surface area (TPSA) is 42.5 Å². The first-order chi connectivity index (χ1) is 14.4. The van der Waals surface area contributed by atoms with Crippen molar-refractivity contribution in [2.24, 2.45) is 10.2 Å². The Morgan fingerprint density at radius 1 is 0.759 bits per heavy atom. The number of benzene rings is 3. The summed E-state index contributed by atoms with van der Waals surface area (Å²) in [5, 5.41) is 15.1. The average molecular weight is 397 g/mol. The third kappa shape index (κ3) is 3.69. The van der Waals surface area contributed by atoms with Crippen LogP contribution in [0, 0.1) is 0 Å². The van der Waals surface area contributed by atoms with Crippen LogP contribution in [0.4, 0.5) is 0 Å². The van der Waals surface area contributed by atoms with E-state index in [4.69, 9.17) is 5.10 Å². The van der Waals surface area contributed by atoms with Gasteiger partial charge in [-0.05, 0) is 37.0 Å². The van der Waals surface area contributed by atoms with E-state index < -0.39 is 0 Å². The molecule has 0 saturated heterocycles. The molecule has 1 aliphatic rings. The molecule has 0 unspecified atom stereocenters. The average Bonchev–Trinajstić information content (AvgIpc) is 3.23. The Kier molecular flexibility index (Phi) is 4.88. The molecule has 1 aromatic heterocycles. The number of nitrogens with zero attached hydrogens (tertiary/aromatic N) is 4. The van der Waals surface area contributed by atoms with Gasteiger partial charge in [-0.3, -0.25) is 0 Å². The highest BCUT2D eigenvalue weighted by Gasteiger charge is 2.15. The fourth-order valence-electron chi connectivity index (χ4n) is 3.59. The molecule has 0 saturated carbocycles. The number of hydrogen-bond acceptors (Lipinski definition) is 4. The van der Waals surface area contributed by atoms with E-state index in [1.165, 1.54) is 11.1 Å². The lowest BCUT2D eigenvalue weighted by Crippen LogP contribution is -2.15. The van der Waals surface area contributed by atoms with Crippen LogP contribution in [0.1, 0.15) is 24.0 Å². The van der Waals surface area contributed by atoms with Gasteiger partial charge in [0.2, 0.25) is 4.80 Å². The maximum absolute atomic E-state index is 4.83. The van der Waals surface area contributed by atoms with E-state index in [2.05, 4.69) is 46.6 Å². The Balaban J connectivity index is 1.64. The van der Waals surface area contributed by atoms with Gasteiger partial charge in [0.05, 0.1) is 11.4 Å². The normalized spacial score (nSPS) is 15.4. The van der Waals surface area contributed by atoms with Gasteiger partial charge in [0, 0.05) is 11.1 Å². The molecular weight excluding hydrogens is 376 g/mol. The largest absolute Gasteiger partial charge is 0.233 e. The number of fused-ring (bicyclic) bond motifs is 1. The maximum atomic E-state index is 4.83. The van der Waals surface area contributed by atoms with E-state index in [1.54, 1.807) is 11.3 Å². The molecule has 4 aromatic rings. The zero-order chi connectivity index (χ0) is 19.5. The van der Waals surface area contributed by atoms with Gasteiger partial charge in [-0.25, -0.2) is 4.68 Å². The third-order valence-electron chi connectivity index (χ3n) is 5.03. The summed E-state index contributed by atoms with van der Waals surface area (Å²) in [7, 11) is 0. The molecule has 0 amide bonds. The molecule has 4 nitrogen and oxygen atoms in total. The minimum absolute atomic E-state index is 0.769. The molecule has 0 fully saturated rings. The van der Waals surface area contributed by atoms with Crippen LogP contribution in [-0.2, 0) is 6.42 Å². The SMILES string of the molecule is c1ccc(-c2nn(-c3ccccc3)/c(=N\N=C3/CCCc4ccccc43)s2)cc1. The summed E-state index contributed by atoms with van der Waals surface area (Å²) in [6.07, 6.45) is 3.18. The number of para-hydroxylation sites is 1.